The van der Waals surface area contributed by atoms with E-state index in [2.05, 4.69) is 19.1 Å². The zero-order valence-electron chi connectivity index (χ0n) is 16.3. The van der Waals surface area contributed by atoms with Gasteiger partial charge in [-0.1, -0.05) is 49.2 Å². The molecule has 2 aromatic carbocycles. The number of fused-ring (bicyclic) bond motifs is 2. The fourth-order valence-corrected chi connectivity index (χ4v) is 6.69. The molecule has 1 aromatic heterocycles. The quantitative estimate of drug-likeness (QED) is 0.627. The molecule has 0 radical (unpaired) electrons. The number of aryl methyl sites for hydroxylation is 1. The van der Waals surface area contributed by atoms with Crippen LogP contribution in [0.1, 0.15) is 31.1 Å². The van der Waals surface area contributed by atoms with E-state index in [9.17, 15) is 8.42 Å². The lowest BCUT2D eigenvalue weighted by molar-refractivity contribution is 0.365. The number of sulfonamides is 1. The Balaban J connectivity index is 1.51. The van der Waals surface area contributed by atoms with Crippen LogP contribution in [-0.4, -0.2) is 25.8 Å². The molecule has 2 aliphatic rings. The average Bonchev–Trinajstić information content (AvgIpc) is 3.05. The zero-order valence-corrected chi connectivity index (χ0v) is 17.1. The first kappa shape index (κ1) is 18.0. The van der Waals surface area contributed by atoms with Gasteiger partial charge in [0.1, 0.15) is 11.3 Å². The van der Waals surface area contributed by atoms with E-state index in [1.807, 2.05) is 37.3 Å². The summed E-state index contributed by atoms with van der Waals surface area (Å²) in [4.78, 5) is 0.381. The minimum Gasteiger partial charge on any atom is -0.460 e. The summed E-state index contributed by atoms with van der Waals surface area (Å²) in [6.07, 6.45) is 2.22. The largest absolute Gasteiger partial charge is 0.460 e. The Labute approximate surface area is 166 Å². The van der Waals surface area contributed by atoms with E-state index < -0.39 is 10.0 Å². The van der Waals surface area contributed by atoms with Crippen molar-refractivity contribution in [2.45, 2.75) is 37.0 Å². The minimum atomic E-state index is -3.48. The molecule has 0 N–H and O–H groups in total. The number of hydrogen-bond donors (Lipinski definition) is 0. The lowest BCUT2D eigenvalue weighted by Gasteiger charge is -2.22. The summed E-state index contributed by atoms with van der Waals surface area (Å²) in [6.45, 7) is 5.25. The second kappa shape index (κ2) is 6.19. The highest BCUT2D eigenvalue weighted by atomic mass is 32.2. The van der Waals surface area contributed by atoms with Crippen LogP contribution in [0.3, 0.4) is 0 Å². The van der Waals surface area contributed by atoms with Gasteiger partial charge in [-0.15, -0.1) is 0 Å². The van der Waals surface area contributed by atoms with Crippen LogP contribution in [0.4, 0.5) is 0 Å². The summed E-state index contributed by atoms with van der Waals surface area (Å²) in [5, 5.41) is 1.09. The second-order valence-electron chi connectivity index (χ2n) is 8.30. The fraction of sp³-hybridized carbons (Fsp3) is 0.391. The summed E-state index contributed by atoms with van der Waals surface area (Å²) in [7, 11) is -3.48. The summed E-state index contributed by atoms with van der Waals surface area (Å²) in [5.41, 5.74) is 1.77. The molecular weight excluding hydrogens is 370 g/mol. The summed E-state index contributed by atoms with van der Waals surface area (Å²) < 4.78 is 34.3. The van der Waals surface area contributed by atoms with E-state index in [1.54, 1.807) is 16.4 Å². The molecule has 146 valence electrons. The second-order valence-corrected chi connectivity index (χ2v) is 10.2. The number of piperidine rings is 1. The smallest absolute Gasteiger partial charge is 0.243 e. The molecular formula is C23H25NO3S. The van der Waals surface area contributed by atoms with Gasteiger partial charge in [-0.2, -0.15) is 4.31 Å². The van der Waals surface area contributed by atoms with E-state index >= 15 is 0 Å². The Morgan fingerprint density at radius 1 is 1.14 bits per heavy atom. The molecule has 28 heavy (non-hydrogen) atoms. The number of furan rings is 1. The predicted octanol–water partition coefficient (Wildman–Crippen LogP) is 4.73. The van der Waals surface area contributed by atoms with Crippen molar-refractivity contribution < 1.29 is 12.8 Å². The highest BCUT2D eigenvalue weighted by Crippen LogP contribution is 2.66. The summed E-state index contributed by atoms with van der Waals surface area (Å²) in [5.74, 6) is 1.80. The lowest BCUT2D eigenvalue weighted by atomic mass is 9.98. The number of para-hydroxylation sites is 1. The zero-order chi connectivity index (χ0) is 19.5. The third-order valence-corrected chi connectivity index (χ3v) is 8.51. The third-order valence-electron chi connectivity index (χ3n) is 6.68. The molecule has 5 heteroatoms. The van der Waals surface area contributed by atoms with E-state index in [0.29, 0.717) is 29.8 Å². The Morgan fingerprint density at radius 2 is 1.89 bits per heavy atom. The van der Waals surface area contributed by atoms with Gasteiger partial charge >= 0.3 is 0 Å². The van der Waals surface area contributed by atoms with Crippen LogP contribution in [0.2, 0.25) is 0 Å². The summed E-state index contributed by atoms with van der Waals surface area (Å²) >= 11 is 0. The monoisotopic (exact) mass is 395 g/mol. The average molecular weight is 396 g/mol. The molecule has 3 aromatic rings. The minimum absolute atomic E-state index is 0.174. The number of benzene rings is 2. The first-order valence-electron chi connectivity index (χ1n) is 10.0. The highest BCUT2D eigenvalue weighted by molar-refractivity contribution is 7.89. The van der Waals surface area contributed by atoms with Crippen molar-refractivity contribution in [1.29, 1.82) is 0 Å². The topological polar surface area (TPSA) is 50.5 Å². The Hall–Kier alpha value is -2.11. The standard InChI is InChI=1S/C23H25NO3S/c1-3-6-19-20-14-24(28(25,26)18-11-9-16(2)10-12-18)15-23(19,20)22-13-17-7-4-5-8-21(17)27-22/h4-5,7-13,19-20H,3,6,14-15H2,1-2H3. The van der Waals surface area contributed by atoms with Gasteiger partial charge < -0.3 is 4.42 Å². The third kappa shape index (κ3) is 2.49. The van der Waals surface area contributed by atoms with Crippen LogP contribution in [0, 0.1) is 18.8 Å². The Morgan fingerprint density at radius 3 is 2.61 bits per heavy atom. The molecule has 2 heterocycles. The van der Waals surface area contributed by atoms with Crippen molar-refractivity contribution in [1.82, 2.24) is 4.31 Å². The SMILES string of the molecule is CCCC1C2CN(S(=O)(=O)c3ccc(C)cc3)CC12c1cc2ccccc2o1. The first-order chi connectivity index (χ1) is 13.5. The van der Waals surface area contributed by atoms with Crippen molar-refractivity contribution >= 4 is 21.0 Å². The number of nitrogens with zero attached hydrogens (tertiary/aromatic N) is 1. The van der Waals surface area contributed by atoms with Crippen LogP contribution in [-0.2, 0) is 15.4 Å². The molecule has 3 atom stereocenters. The number of rotatable bonds is 5. The van der Waals surface area contributed by atoms with E-state index in [0.717, 1.165) is 35.1 Å². The van der Waals surface area contributed by atoms with Crippen molar-refractivity contribution in [3.8, 4) is 0 Å². The van der Waals surface area contributed by atoms with Crippen LogP contribution in [0.25, 0.3) is 11.0 Å². The van der Waals surface area contributed by atoms with Crippen molar-refractivity contribution in [2.75, 3.05) is 13.1 Å². The van der Waals surface area contributed by atoms with Crippen LogP contribution < -0.4 is 0 Å². The highest BCUT2D eigenvalue weighted by Gasteiger charge is 2.72. The lowest BCUT2D eigenvalue weighted by Crippen LogP contribution is -2.34. The van der Waals surface area contributed by atoms with Crippen LogP contribution >= 0.6 is 0 Å². The summed E-state index contributed by atoms with van der Waals surface area (Å²) in [6, 6.07) is 17.3. The molecule has 1 saturated carbocycles. The van der Waals surface area contributed by atoms with Gasteiger partial charge in [0.2, 0.25) is 10.0 Å². The van der Waals surface area contributed by atoms with E-state index in [1.165, 1.54) is 0 Å². The molecule has 1 aliphatic heterocycles. The molecule has 2 fully saturated rings. The van der Waals surface area contributed by atoms with Crippen LogP contribution in [0.5, 0.6) is 0 Å². The molecule has 3 unspecified atom stereocenters. The van der Waals surface area contributed by atoms with Gasteiger partial charge in [-0.05, 0) is 49.4 Å². The maximum absolute atomic E-state index is 13.2. The van der Waals surface area contributed by atoms with Gasteiger partial charge in [-0.3, -0.25) is 0 Å². The van der Waals surface area contributed by atoms with Crippen molar-refractivity contribution in [3.05, 3.63) is 65.9 Å². The molecule has 1 aliphatic carbocycles. The molecule has 0 spiro atoms. The molecule has 1 saturated heterocycles. The maximum atomic E-state index is 13.2. The van der Waals surface area contributed by atoms with Crippen molar-refractivity contribution in [2.24, 2.45) is 11.8 Å². The van der Waals surface area contributed by atoms with Gasteiger partial charge in [0, 0.05) is 23.9 Å². The molecule has 0 bridgehead atoms. The maximum Gasteiger partial charge on any atom is 0.243 e. The van der Waals surface area contributed by atoms with Gasteiger partial charge in [0.05, 0.1) is 4.90 Å². The molecule has 4 nitrogen and oxygen atoms in total. The van der Waals surface area contributed by atoms with Crippen LogP contribution in [0.15, 0.2) is 63.9 Å². The predicted molar refractivity (Wildman–Crippen MR) is 110 cm³/mol. The molecule has 5 rings (SSSR count). The Bertz CT molecular complexity index is 1100. The fourth-order valence-electron chi connectivity index (χ4n) is 5.17. The van der Waals surface area contributed by atoms with E-state index in [4.69, 9.17) is 4.42 Å². The normalized spacial score (nSPS) is 27.2. The number of hydrogen-bond acceptors (Lipinski definition) is 3. The van der Waals surface area contributed by atoms with Gasteiger partial charge in [0.15, 0.2) is 0 Å². The van der Waals surface area contributed by atoms with Gasteiger partial charge in [-0.25, -0.2) is 8.42 Å². The Kier molecular flexibility index (Phi) is 3.97. The van der Waals surface area contributed by atoms with E-state index in [-0.39, 0.29) is 5.41 Å². The van der Waals surface area contributed by atoms with Crippen molar-refractivity contribution in [3.63, 3.8) is 0 Å². The molecule has 0 amide bonds. The first-order valence-corrected chi connectivity index (χ1v) is 11.5. The van der Waals surface area contributed by atoms with Gasteiger partial charge in [0.25, 0.3) is 0 Å².